The van der Waals surface area contributed by atoms with Crippen LogP contribution in [0.25, 0.3) is 0 Å². The number of anilines is 1. The Morgan fingerprint density at radius 2 is 2.13 bits per heavy atom. The molecule has 84 valence electrons. The number of halogens is 1. The van der Waals surface area contributed by atoms with Gasteiger partial charge in [-0.3, -0.25) is 0 Å². The van der Waals surface area contributed by atoms with Gasteiger partial charge in [0.2, 0.25) is 0 Å². The highest BCUT2D eigenvalue weighted by Crippen LogP contribution is 2.17. The fourth-order valence-corrected chi connectivity index (χ4v) is 1.58. The van der Waals surface area contributed by atoms with Crippen molar-refractivity contribution < 1.29 is 0 Å². The molecule has 0 radical (unpaired) electrons. The van der Waals surface area contributed by atoms with Crippen molar-refractivity contribution in [3.05, 3.63) is 16.5 Å². The van der Waals surface area contributed by atoms with E-state index in [1.165, 1.54) is 12.8 Å². The molecule has 3 nitrogen and oxygen atoms in total. The summed E-state index contributed by atoms with van der Waals surface area (Å²) in [6.45, 7) is 7.34. The van der Waals surface area contributed by atoms with Crippen LogP contribution in [0.15, 0.2) is 10.7 Å². The van der Waals surface area contributed by atoms with E-state index in [0.717, 1.165) is 22.8 Å². The normalized spacial score (nSPS) is 10.7. The number of rotatable bonds is 5. The van der Waals surface area contributed by atoms with Crippen LogP contribution in [0.5, 0.6) is 0 Å². The van der Waals surface area contributed by atoms with Crippen molar-refractivity contribution in [2.24, 2.45) is 0 Å². The Labute approximate surface area is 99.8 Å². The second-order valence-electron chi connectivity index (χ2n) is 3.87. The molecule has 15 heavy (non-hydrogen) atoms. The van der Waals surface area contributed by atoms with Crippen LogP contribution < -0.4 is 5.32 Å². The summed E-state index contributed by atoms with van der Waals surface area (Å²) in [5.41, 5.74) is 0. The zero-order chi connectivity index (χ0) is 11.3. The number of aromatic nitrogens is 2. The first-order valence-corrected chi connectivity index (χ1v) is 6.21. The lowest BCUT2D eigenvalue weighted by molar-refractivity contribution is 0.765. The molecule has 1 heterocycles. The Bertz CT molecular complexity index is 313. The molecular weight excluding hydrogens is 254 g/mol. The largest absolute Gasteiger partial charge is 0.370 e. The van der Waals surface area contributed by atoms with Crippen LogP contribution in [0.3, 0.4) is 0 Å². The topological polar surface area (TPSA) is 37.8 Å². The van der Waals surface area contributed by atoms with Crippen molar-refractivity contribution in [2.45, 2.75) is 39.5 Å². The van der Waals surface area contributed by atoms with Gasteiger partial charge in [-0.1, -0.05) is 27.2 Å². The second-order valence-corrected chi connectivity index (χ2v) is 4.68. The van der Waals surface area contributed by atoms with Crippen LogP contribution >= 0.6 is 15.9 Å². The highest BCUT2D eigenvalue weighted by Gasteiger charge is 2.06. The summed E-state index contributed by atoms with van der Waals surface area (Å²) in [6, 6.07) is 1.92. The third-order valence-electron chi connectivity index (χ3n) is 2.07. The van der Waals surface area contributed by atoms with E-state index in [2.05, 4.69) is 52.0 Å². The number of unbranched alkanes of at least 4 members (excludes halogenated alkanes) is 1. The zero-order valence-corrected chi connectivity index (χ0v) is 11.1. The lowest BCUT2D eigenvalue weighted by Crippen LogP contribution is -2.06. The van der Waals surface area contributed by atoms with Gasteiger partial charge in [-0.2, -0.15) is 0 Å². The first-order chi connectivity index (χ1) is 7.13. The summed E-state index contributed by atoms with van der Waals surface area (Å²) in [6.07, 6.45) is 2.36. The molecule has 0 spiro atoms. The Morgan fingerprint density at radius 3 is 2.73 bits per heavy atom. The van der Waals surface area contributed by atoms with Gasteiger partial charge in [-0.25, -0.2) is 9.97 Å². The molecule has 0 aliphatic rings. The molecule has 1 rings (SSSR count). The Kier molecular flexibility index (Phi) is 5.02. The van der Waals surface area contributed by atoms with Crippen LogP contribution in [0.1, 0.15) is 45.4 Å². The minimum absolute atomic E-state index is 0.356. The van der Waals surface area contributed by atoms with Crippen LogP contribution in [0.2, 0.25) is 0 Å². The fourth-order valence-electron chi connectivity index (χ4n) is 1.18. The maximum Gasteiger partial charge on any atom is 0.134 e. The zero-order valence-electron chi connectivity index (χ0n) is 9.55. The van der Waals surface area contributed by atoms with Crippen molar-refractivity contribution >= 4 is 21.7 Å². The molecule has 1 N–H and O–H groups in total. The van der Waals surface area contributed by atoms with Gasteiger partial charge in [0, 0.05) is 18.5 Å². The Hall–Kier alpha value is -0.640. The van der Waals surface area contributed by atoms with Gasteiger partial charge < -0.3 is 5.32 Å². The monoisotopic (exact) mass is 271 g/mol. The average molecular weight is 272 g/mol. The maximum absolute atomic E-state index is 4.45. The lowest BCUT2D eigenvalue weighted by Gasteiger charge is -2.09. The van der Waals surface area contributed by atoms with Crippen molar-refractivity contribution in [3.63, 3.8) is 0 Å². The van der Waals surface area contributed by atoms with E-state index in [1.54, 1.807) is 0 Å². The molecule has 0 aromatic carbocycles. The van der Waals surface area contributed by atoms with Crippen LogP contribution in [-0.2, 0) is 0 Å². The molecule has 0 saturated heterocycles. The molecule has 4 heteroatoms. The minimum atomic E-state index is 0.356. The maximum atomic E-state index is 4.45. The molecule has 0 saturated carbocycles. The molecule has 1 aromatic heterocycles. The van der Waals surface area contributed by atoms with Crippen LogP contribution in [0.4, 0.5) is 5.82 Å². The predicted molar refractivity (Wildman–Crippen MR) is 67.2 cm³/mol. The van der Waals surface area contributed by atoms with E-state index in [0.29, 0.717) is 5.92 Å². The number of hydrogen-bond acceptors (Lipinski definition) is 3. The fraction of sp³-hybridized carbons (Fsp3) is 0.636. The number of hydrogen-bond donors (Lipinski definition) is 1. The van der Waals surface area contributed by atoms with Crippen molar-refractivity contribution in [2.75, 3.05) is 11.9 Å². The highest BCUT2D eigenvalue weighted by atomic mass is 79.9. The number of nitrogens with one attached hydrogen (secondary N) is 1. The summed E-state index contributed by atoms with van der Waals surface area (Å²) in [7, 11) is 0. The summed E-state index contributed by atoms with van der Waals surface area (Å²) in [5, 5.41) is 3.30. The standard InChI is InChI=1S/C11H18BrN3/c1-4-5-6-13-10-7-9(12)14-11(15-10)8(2)3/h7-8H,4-6H2,1-3H3,(H,13,14,15). The first-order valence-electron chi connectivity index (χ1n) is 5.41. The first kappa shape index (κ1) is 12.4. The minimum Gasteiger partial charge on any atom is -0.370 e. The Balaban J connectivity index is 2.71. The van der Waals surface area contributed by atoms with Gasteiger partial charge in [-0.15, -0.1) is 0 Å². The van der Waals surface area contributed by atoms with Crippen molar-refractivity contribution in [1.29, 1.82) is 0 Å². The molecule has 0 fully saturated rings. The van der Waals surface area contributed by atoms with Crippen molar-refractivity contribution in [3.8, 4) is 0 Å². The van der Waals surface area contributed by atoms with E-state index in [9.17, 15) is 0 Å². The van der Waals surface area contributed by atoms with Crippen LogP contribution in [0, 0.1) is 0 Å². The van der Waals surface area contributed by atoms with Gasteiger partial charge in [0.25, 0.3) is 0 Å². The highest BCUT2D eigenvalue weighted by molar-refractivity contribution is 9.10. The van der Waals surface area contributed by atoms with E-state index in [-0.39, 0.29) is 0 Å². The van der Waals surface area contributed by atoms with Gasteiger partial charge in [0.1, 0.15) is 16.2 Å². The number of nitrogens with zero attached hydrogens (tertiary/aromatic N) is 2. The summed E-state index contributed by atoms with van der Waals surface area (Å²) in [4.78, 5) is 8.78. The summed E-state index contributed by atoms with van der Waals surface area (Å²) < 4.78 is 0.847. The molecule has 0 atom stereocenters. The lowest BCUT2D eigenvalue weighted by atomic mass is 10.2. The molecule has 0 bridgehead atoms. The van der Waals surface area contributed by atoms with E-state index in [1.807, 2.05) is 6.07 Å². The molecule has 0 amide bonds. The molecular formula is C11H18BrN3. The molecule has 0 aliphatic heterocycles. The van der Waals surface area contributed by atoms with E-state index < -0.39 is 0 Å². The summed E-state index contributed by atoms with van der Waals surface area (Å²) in [5.74, 6) is 2.15. The quantitative estimate of drug-likeness (QED) is 0.657. The van der Waals surface area contributed by atoms with E-state index in [4.69, 9.17) is 0 Å². The Morgan fingerprint density at radius 1 is 1.40 bits per heavy atom. The van der Waals surface area contributed by atoms with Crippen molar-refractivity contribution in [1.82, 2.24) is 9.97 Å². The summed E-state index contributed by atoms with van der Waals surface area (Å²) >= 11 is 3.40. The smallest absolute Gasteiger partial charge is 0.134 e. The molecule has 1 aromatic rings. The second kappa shape index (κ2) is 6.05. The van der Waals surface area contributed by atoms with Gasteiger partial charge in [-0.05, 0) is 22.4 Å². The van der Waals surface area contributed by atoms with Gasteiger partial charge >= 0.3 is 0 Å². The molecule has 0 aliphatic carbocycles. The average Bonchev–Trinajstić information content (AvgIpc) is 2.17. The third-order valence-corrected chi connectivity index (χ3v) is 2.47. The van der Waals surface area contributed by atoms with Gasteiger partial charge in [0.05, 0.1) is 0 Å². The SMILES string of the molecule is CCCCNc1cc(Br)nc(C(C)C)n1. The third kappa shape index (κ3) is 4.16. The van der Waals surface area contributed by atoms with Crippen LogP contribution in [-0.4, -0.2) is 16.5 Å². The van der Waals surface area contributed by atoms with E-state index >= 15 is 0 Å². The predicted octanol–water partition coefficient (Wildman–Crippen LogP) is 3.57. The van der Waals surface area contributed by atoms with Gasteiger partial charge in [0.15, 0.2) is 0 Å². The molecule has 0 unspecified atom stereocenters.